The SMILES string of the molecule is C=CCCCOc1nc(Cl)nc2ccccc12. The first kappa shape index (κ1) is 11.9. The maximum atomic E-state index is 5.85. The molecule has 3 nitrogen and oxygen atoms in total. The van der Waals surface area contributed by atoms with Crippen molar-refractivity contribution in [3.05, 3.63) is 42.2 Å². The zero-order chi connectivity index (χ0) is 12.1. The summed E-state index contributed by atoms with van der Waals surface area (Å²) in [5, 5.41) is 1.10. The van der Waals surface area contributed by atoms with Crippen LogP contribution in [0.5, 0.6) is 5.88 Å². The average molecular weight is 249 g/mol. The molecule has 0 unspecified atom stereocenters. The van der Waals surface area contributed by atoms with Gasteiger partial charge in [-0.3, -0.25) is 0 Å². The van der Waals surface area contributed by atoms with Crippen LogP contribution in [0.2, 0.25) is 5.28 Å². The summed E-state index contributed by atoms with van der Waals surface area (Å²) >= 11 is 5.85. The van der Waals surface area contributed by atoms with Crippen LogP contribution < -0.4 is 4.74 Å². The van der Waals surface area contributed by atoms with E-state index in [9.17, 15) is 0 Å². The topological polar surface area (TPSA) is 35.0 Å². The number of benzene rings is 1. The van der Waals surface area contributed by atoms with E-state index in [2.05, 4.69) is 16.5 Å². The van der Waals surface area contributed by atoms with Gasteiger partial charge < -0.3 is 4.74 Å². The number of aromatic nitrogens is 2. The molecule has 0 fully saturated rings. The number of unbranched alkanes of at least 4 members (excludes halogenated alkanes) is 1. The molecule has 1 aromatic heterocycles. The number of para-hydroxylation sites is 1. The van der Waals surface area contributed by atoms with Crippen molar-refractivity contribution in [2.75, 3.05) is 6.61 Å². The molecule has 0 N–H and O–H groups in total. The Balaban J connectivity index is 2.23. The Morgan fingerprint density at radius 3 is 2.94 bits per heavy atom. The van der Waals surface area contributed by atoms with Gasteiger partial charge in [-0.2, -0.15) is 4.98 Å². The summed E-state index contributed by atoms with van der Waals surface area (Å²) in [6.45, 7) is 4.27. The molecule has 4 heteroatoms. The molecule has 0 aliphatic carbocycles. The number of hydrogen-bond donors (Lipinski definition) is 0. The summed E-state index contributed by atoms with van der Waals surface area (Å²) in [5.74, 6) is 0.546. The Bertz CT molecular complexity index is 528. The van der Waals surface area contributed by atoms with E-state index in [4.69, 9.17) is 16.3 Å². The highest BCUT2D eigenvalue weighted by Gasteiger charge is 2.06. The molecule has 2 aromatic rings. The van der Waals surface area contributed by atoms with Crippen molar-refractivity contribution in [3.8, 4) is 5.88 Å². The van der Waals surface area contributed by atoms with Gasteiger partial charge in [0.1, 0.15) is 0 Å². The first-order valence-electron chi connectivity index (χ1n) is 5.47. The lowest BCUT2D eigenvalue weighted by molar-refractivity contribution is 0.304. The Morgan fingerprint density at radius 1 is 1.29 bits per heavy atom. The van der Waals surface area contributed by atoms with Crippen LogP contribution in [0.3, 0.4) is 0 Å². The normalized spacial score (nSPS) is 10.4. The number of nitrogens with zero attached hydrogens (tertiary/aromatic N) is 2. The molecule has 0 atom stereocenters. The third-order valence-corrected chi connectivity index (χ3v) is 2.50. The molecule has 1 heterocycles. The van der Waals surface area contributed by atoms with Crippen LogP contribution in [0, 0.1) is 0 Å². The zero-order valence-electron chi connectivity index (χ0n) is 9.40. The second-order valence-corrected chi connectivity index (χ2v) is 3.93. The van der Waals surface area contributed by atoms with E-state index >= 15 is 0 Å². The Kier molecular flexibility index (Phi) is 3.94. The zero-order valence-corrected chi connectivity index (χ0v) is 10.2. The highest BCUT2D eigenvalue weighted by molar-refractivity contribution is 6.28. The minimum absolute atomic E-state index is 0.211. The predicted molar refractivity (Wildman–Crippen MR) is 69.5 cm³/mol. The van der Waals surface area contributed by atoms with Gasteiger partial charge in [-0.1, -0.05) is 18.2 Å². The van der Waals surface area contributed by atoms with Gasteiger partial charge in [-0.25, -0.2) is 4.98 Å². The predicted octanol–water partition coefficient (Wildman–Crippen LogP) is 3.63. The molecule has 0 aliphatic rings. The lowest BCUT2D eigenvalue weighted by Crippen LogP contribution is -2.00. The number of fused-ring (bicyclic) bond motifs is 1. The van der Waals surface area contributed by atoms with E-state index in [1.54, 1.807) is 0 Å². The molecule has 0 aliphatic heterocycles. The van der Waals surface area contributed by atoms with Crippen molar-refractivity contribution in [3.63, 3.8) is 0 Å². The molecule has 0 amide bonds. The van der Waals surface area contributed by atoms with Gasteiger partial charge >= 0.3 is 0 Å². The van der Waals surface area contributed by atoms with Crippen molar-refractivity contribution >= 4 is 22.5 Å². The van der Waals surface area contributed by atoms with Gasteiger partial charge in [0.2, 0.25) is 11.2 Å². The average Bonchev–Trinajstić information content (AvgIpc) is 2.34. The van der Waals surface area contributed by atoms with Gasteiger partial charge in [0.05, 0.1) is 17.5 Å². The van der Waals surface area contributed by atoms with E-state index in [-0.39, 0.29) is 5.28 Å². The van der Waals surface area contributed by atoms with Crippen molar-refractivity contribution in [2.45, 2.75) is 12.8 Å². The highest BCUT2D eigenvalue weighted by Crippen LogP contribution is 2.23. The molecular formula is C13H13ClN2O. The van der Waals surface area contributed by atoms with Crippen LogP contribution in [0.4, 0.5) is 0 Å². The molecule has 88 valence electrons. The summed E-state index contributed by atoms with van der Waals surface area (Å²) in [6, 6.07) is 7.65. The van der Waals surface area contributed by atoms with Crippen molar-refractivity contribution in [2.24, 2.45) is 0 Å². The van der Waals surface area contributed by atoms with Gasteiger partial charge in [0.25, 0.3) is 0 Å². The monoisotopic (exact) mass is 248 g/mol. The Morgan fingerprint density at radius 2 is 2.12 bits per heavy atom. The lowest BCUT2D eigenvalue weighted by atomic mass is 10.2. The minimum atomic E-state index is 0.211. The lowest BCUT2D eigenvalue weighted by Gasteiger charge is -2.07. The number of halogens is 1. The van der Waals surface area contributed by atoms with E-state index in [0.717, 1.165) is 23.7 Å². The minimum Gasteiger partial charge on any atom is -0.477 e. The van der Waals surface area contributed by atoms with Crippen molar-refractivity contribution < 1.29 is 4.74 Å². The first-order chi connectivity index (χ1) is 8.31. The maximum absolute atomic E-state index is 5.85. The summed E-state index contributed by atoms with van der Waals surface area (Å²) < 4.78 is 5.62. The number of hydrogen-bond acceptors (Lipinski definition) is 3. The number of rotatable bonds is 5. The van der Waals surface area contributed by atoms with E-state index in [0.29, 0.717) is 12.5 Å². The van der Waals surface area contributed by atoms with Crippen LogP contribution in [0.25, 0.3) is 10.9 Å². The van der Waals surface area contributed by atoms with Crippen LogP contribution in [-0.4, -0.2) is 16.6 Å². The molecule has 0 saturated carbocycles. The van der Waals surface area contributed by atoms with Crippen LogP contribution in [-0.2, 0) is 0 Å². The standard InChI is InChI=1S/C13H13ClN2O/c1-2-3-6-9-17-12-10-7-4-5-8-11(10)15-13(14)16-12/h2,4-5,7-8H,1,3,6,9H2. The molecule has 2 rings (SSSR count). The summed E-state index contributed by atoms with van der Waals surface area (Å²) in [6.07, 6.45) is 3.71. The molecule has 1 aromatic carbocycles. The second kappa shape index (κ2) is 5.64. The summed E-state index contributed by atoms with van der Waals surface area (Å²) in [4.78, 5) is 8.24. The smallest absolute Gasteiger partial charge is 0.226 e. The Labute approximate surface area is 105 Å². The maximum Gasteiger partial charge on any atom is 0.226 e. The number of allylic oxidation sites excluding steroid dienone is 1. The second-order valence-electron chi connectivity index (χ2n) is 3.59. The first-order valence-corrected chi connectivity index (χ1v) is 5.85. The fourth-order valence-electron chi connectivity index (χ4n) is 1.53. The molecule has 17 heavy (non-hydrogen) atoms. The molecule has 0 bridgehead atoms. The highest BCUT2D eigenvalue weighted by atomic mass is 35.5. The van der Waals surface area contributed by atoms with Crippen molar-refractivity contribution in [1.29, 1.82) is 0 Å². The molecule has 0 radical (unpaired) electrons. The third kappa shape index (κ3) is 2.94. The fourth-order valence-corrected chi connectivity index (χ4v) is 1.69. The van der Waals surface area contributed by atoms with Crippen LogP contribution in [0.15, 0.2) is 36.9 Å². The summed E-state index contributed by atoms with van der Waals surface area (Å²) in [7, 11) is 0. The van der Waals surface area contributed by atoms with E-state index in [1.807, 2.05) is 30.3 Å². The molecular weight excluding hydrogens is 236 g/mol. The number of ether oxygens (including phenoxy) is 1. The fraction of sp³-hybridized carbons (Fsp3) is 0.231. The van der Waals surface area contributed by atoms with E-state index in [1.165, 1.54) is 0 Å². The van der Waals surface area contributed by atoms with E-state index < -0.39 is 0 Å². The summed E-state index contributed by atoms with van der Waals surface area (Å²) in [5.41, 5.74) is 0.797. The third-order valence-electron chi connectivity index (χ3n) is 2.33. The Hall–Kier alpha value is -1.61. The van der Waals surface area contributed by atoms with Crippen LogP contribution >= 0.6 is 11.6 Å². The van der Waals surface area contributed by atoms with Gasteiger partial charge in [-0.15, -0.1) is 6.58 Å². The molecule has 0 saturated heterocycles. The van der Waals surface area contributed by atoms with Crippen molar-refractivity contribution in [1.82, 2.24) is 9.97 Å². The quantitative estimate of drug-likeness (QED) is 0.460. The molecule has 0 spiro atoms. The largest absolute Gasteiger partial charge is 0.477 e. The van der Waals surface area contributed by atoms with Gasteiger partial charge in [0, 0.05) is 0 Å². The van der Waals surface area contributed by atoms with Gasteiger partial charge in [-0.05, 0) is 36.6 Å². The van der Waals surface area contributed by atoms with Crippen LogP contribution in [0.1, 0.15) is 12.8 Å². The van der Waals surface area contributed by atoms with Gasteiger partial charge in [0.15, 0.2) is 0 Å².